The van der Waals surface area contributed by atoms with Crippen molar-refractivity contribution in [3.63, 3.8) is 0 Å². The summed E-state index contributed by atoms with van der Waals surface area (Å²) in [5.41, 5.74) is 2.74. The van der Waals surface area contributed by atoms with Crippen molar-refractivity contribution in [2.75, 3.05) is 0 Å². The van der Waals surface area contributed by atoms with Gasteiger partial charge in [-0.15, -0.1) is 11.3 Å². The summed E-state index contributed by atoms with van der Waals surface area (Å²) < 4.78 is 26.9. The summed E-state index contributed by atoms with van der Waals surface area (Å²) in [6.07, 6.45) is 0.901. The van der Waals surface area contributed by atoms with Crippen molar-refractivity contribution < 1.29 is 8.78 Å². The first-order valence-corrected chi connectivity index (χ1v) is 6.80. The standard InChI is InChI=1S/C11H15ClF2N2S/c12-9-2-1-8(17-9)10(16-15)7-3-5-11(13,14)6-4-7/h1-2,7,10,16H,3-6,15H2. The smallest absolute Gasteiger partial charge is 0.248 e. The zero-order chi connectivity index (χ0) is 12.5. The first-order chi connectivity index (χ1) is 8.02. The molecule has 2 nitrogen and oxygen atoms in total. The van der Waals surface area contributed by atoms with Crippen LogP contribution in [0.15, 0.2) is 12.1 Å². The van der Waals surface area contributed by atoms with Crippen LogP contribution in [-0.4, -0.2) is 5.92 Å². The summed E-state index contributed by atoms with van der Waals surface area (Å²) in [5.74, 6) is 3.20. The Morgan fingerprint density at radius 1 is 1.41 bits per heavy atom. The Balaban J connectivity index is 2.05. The predicted octanol–water partition coefficient (Wildman–Crippen LogP) is 3.73. The Morgan fingerprint density at radius 2 is 2.06 bits per heavy atom. The summed E-state index contributed by atoms with van der Waals surface area (Å²) in [4.78, 5) is 1.02. The first kappa shape index (κ1) is 13.2. The van der Waals surface area contributed by atoms with Crippen LogP contribution in [0, 0.1) is 5.92 Å². The molecular weight excluding hydrogens is 266 g/mol. The highest BCUT2D eigenvalue weighted by atomic mass is 35.5. The van der Waals surface area contributed by atoms with Crippen molar-refractivity contribution >= 4 is 22.9 Å². The maximum atomic E-state index is 13.1. The molecule has 0 aliphatic heterocycles. The molecule has 1 aromatic heterocycles. The molecule has 6 heteroatoms. The van der Waals surface area contributed by atoms with Crippen molar-refractivity contribution in [2.24, 2.45) is 11.8 Å². The van der Waals surface area contributed by atoms with E-state index < -0.39 is 5.92 Å². The van der Waals surface area contributed by atoms with Gasteiger partial charge in [0.1, 0.15) is 0 Å². The Morgan fingerprint density at radius 3 is 2.53 bits per heavy atom. The van der Waals surface area contributed by atoms with Crippen LogP contribution in [0.2, 0.25) is 4.34 Å². The third-order valence-corrected chi connectivity index (χ3v) is 4.63. The van der Waals surface area contributed by atoms with Gasteiger partial charge in [0.25, 0.3) is 0 Å². The van der Waals surface area contributed by atoms with Crippen LogP contribution in [-0.2, 0) is 0 Å². The van der Waals surface area contributed by atoms with Gasteiger partial charge in [0.2, 0.25) is 5.92 Å². The zero-order valence-electron chi connectivity index (χ0n) is 9.26. The van der Waals surface area contributed by atoms with Crippen LogP contribution >= 0.6 is 22.9 Å². The van der Waals surface area contributed by atoms with Gasteiger partial charge in [-0.1, -0.05) is 11.6 Å². The summed E-state index contributed by atoms with van der Waals surface area (Å²) >= 11 is 7.33. The van der Waals surface area contributed by atoms with Gasteiger partial charge in [0.05, 0.1) is 10.4 Å². The molecule has 0 radical (unpaired) electrons. The van der Waals surface area contributed by atoms with Crippen molar-refractivity contribution in [1.82, 2.24) is 5.43 Å². The molecule has 0 bridgehead atoms. The Bertz CT molecular complexity index is 373. The van der Waals surface area contributed by atoms with Gasteiger partial charge in [-0.3, -0.25) is 11.3 Å². The number of hydrogen-bond acceptors (Lipinski definition) is 3. The second kappa shape index (κ2) is 5.18. The quantitative estimate of drug-likeness (QED) is 0.654. The normalized spacial score (nSPS) is 22.6. The molecule has 1 aliphatic carbocycles. The molecule has 1 unspecified atom stereocenters. The molecule has 1 fully saturated rings. The number of thiophene rings is 1. The predicted molar refractivity (Wildman–Crippen MR) is 66.3 cm³/mol. The van der Waals surface area contributed by atoms with Crippen LogP contribution in [0.1, 0.15) is 36.6 Å². The summed E-state index contributed by atoms with van der Waals surface area (Å²) in [7, 11) is 0. The highest BCUT2D eigenvalue weighted by molar-refractivity contribution is 7.16. The van der Waals surface area contributed by atoms with E-state index in [0.29, 0.717) is 17.2 Å². The first-order valence-electron chi connectivity index (χ1n) is 5.61. The van der Waals surface area contributed by atoms with Gasteiger partial charge < -0.3 is 0 Å². The molecule has 0 spiro atoms. The zero-order valence-corrected chi connectivity index (χ0v) is 10.8. The monoisotopic (exact) mass is 280 g/mol. The van der Waals surface area contributed by atoms with Crippen LogP contribution in [0.4, 0.5) is 8.78 Å². The van der Waals surface area contributed by atoms with Crippen molar-refractivity contribution in [1.29, 1.82) is 0 Å². The Kier molecular flexibility index (Phi) is 4.02. The van der Waals surface area contributed by atoms with Crippen molar-refractivity contribution in [2.45, 2.75) is 37.6 Å². The second-order valence-corrected chi connectivity index (χ2v) is 6.23. The number of alkyl halides is 2. The molecule has 96 valence electrons. The second-order valence-electron chi connectivity index (χ2n) is 4.48. The minimum atomic E-state index is -2.50. The molecule has 0 aromatic carbocycles. The van der Waals surface area contributed by atoms with Gasteiger partial charge in [-0.2, -0.15) is 0 Å². The molecule has 0 amide bonds. The van der Waals surface area contributed by atoms with E-state index in [0.717, 1.165) is 4.88 Å². The fourth-order valence-corrected chi connectivity index (χ4v) is 3.56. The van der Waals surface area contributed by atoms with E-state index >= 15 is 0 Å². The van der Waals surface area contributed by atoms with Crippen LogP contribution < -0.4 is 11.3 Å². The number of rotatable bonds is 3. The number of halogens is 3. The minimum Gasteiger partial charge on any atom is -0.271 e. The van der Waals surface area contributed by atoms with Crippen LogP contribution in [0.25, 0.3) is 0 Å². The lowest BCUT2D eigenvalue weighted by Crippen LogP contribution is -2.36. The molecule has 2 rings (SSSR count). The lowest BCUT2D eigenvalue weighted by atomic mass is 9.82. The highest BCUT2D eigenvalue weighted by Gasteiger charge is 2.38. The molecule has 1 heterocycles. The fraction of sp³-hybridized carbons (Fsp3) is 0.636. The van der Waals surface area contributed by atoms with Gasteiger partial charge in [-0.05, 0) is 30.9 Å². The maximum Gasteiger partial charge on any atom is 0.248 e. The summed E-state index contributed by atoms with van der Waals surface area (Å²) in [6, 6.07) is 3.65. The lowest BCUT2D eigenvalue weighted by Gasteiger charge is -2.32. The van der Waals surface area contributed by atoms with Gasteiger partial charge in [0, 0.05) is 17.7 Å². The largest absolute Gasteiger partial charge is 0.271 e. The van der Waals surface area contributed by atoms with Gasteiger partial charge in [0.15, 0.2) is 0 Å². The third kappa shape index (κ3) is 3.16. The van der Waals surface area contributed by atoms with E-state index in [1.807, 2.05) is 12.1 Å². The fourth-order valence-electron chi connectivity index (χ4n) is 2.34. The van der Waals surface area contributed by atoms with Gasteiger partial charge >= 0.3 is 0 Å². The van der Waals surface area contributed by atoms with E-state index in [2.05, 4.69) is 5.43 Å². The average Bonchev–Trinajstić information content (AvgIpc) is 2.68. The number of hydrogen-bond donors (Lipinski definition) is 2. The molecule has 1 aromatic rings. The topological polar surface area (TPSA) is 38.0 Å². The van der Waals surface area contributed by atoms with Crippen LogP contribution in [0.5, 0.6) is 0 Å². The maximum absolute atomic E-state index is 13.1. The van der Waals surface area contributed by atoms with Crippen molar-refractivity contribution in [3.8, 4) is 0 Å². The molecular formula is C11H15ClF2N2S. The molecule has 0 saturated heterocycles. The van der Waals surface area contributed by atoms with E-state index in [1.54, 1.807) is 0 Å². The molecule has 1 atom stereocenters. The average molecular weight is 281 g/mol. The summed E-state index contributed by atoms with van der Waals surface area (Å²) in [6.45, 7) is 0. The van der Waals surface area contributed by atoms with Crippen LogP contribution in [0.3, 0.4) is 0 Å². The summed E-state index contributed by atoms with van der Waals surface area (Å²) in [5, 5.41) is 0. The van der Waals surface area contributed by atoms with E-state index in [1.165, 1.54) is 11.3 Å². The molecule has 17 heavy (non-hydrogen) atoms. The third-order valence-electron chi connectivity index (χ3n) is 3.31. The minimum absolute atomic E-state index is 0.0467. The molecule has 3 N–H and O–H groups in total. The van der Waals surface area contributed by atoms with Crippen molar-refractivity contribution in [3.05, 3.63) is 21.3 Å². The Hall–Kier alpha value is -0.230. The SMILES string of the molecule is NNC(c1ccc(Cl)s1)C1CCC(F)(F)CC1. The van der Waals surface area contributed by atoms with Gasteiger partial charge in [-0.25, -0.2) is 8.78 Å². The van der Waals surface area contributed by atoms with E-state index in [9.17, 15) is 8.78 Å². The highest BCUT2D eigenvalue weighted by Crippen LogP contribution is 2.42. The Labute approximate surface area is 108 Å². The number of nitrogens with one attached hydrogen (secondary N) is 1. The number of nitrogens with two attached hydrogens (primary N) is 1. The molecule has 1 saturated carbocycles. The van der Waals surface area contributed by atoms with E-state index in [4.69, 9.17) is 17.4 Å². The molecule has 1 aliphatic rings. The lowest BCUT2D eigenvalue weighted by molar-refractivity contribution is -0.0496. The van der Waals surface area contributed by atoms with E-state index in [-0.39, 0.29) is 24.8 Å². The number of hydrazine groups is 1.